The maximum Gasteiger partial charge on any atom is 0.319 e. The van der Waals surface area contributed by atoms with Gasteiger partial charge in [-0.1, -0.05) is 6.58 Å². The van der Waals surface area contributed by atoms with Crippen molar-refractivity contribution >= 4 is 22.6 Å². The number of benzene rings is 1. The van der Waals surface area contributed by atoms with Gasteiger partial charge in [0.25, 0.3) is 0 Å². The molecule has 0 bridgehead atoms. The number of aromatic nitrogens is 3. The second-order valence-corrected chi connectivity index (χ2v) is 12.1. The number of nitrogens with zero attached hydrogens (tertiary/aromatic N) is 7. The summed E-state index contributed by atoms with van der Waals surface area (Å²) in [6, 6.07) is 2.93. The number of likely N-dealkylation sites (tertiary alicyclic amines) is 1. The number of fused-ring (bicyclic) bond motifs is 4. The van der Waals surface area contributed by atoms with Gasteiger partial charge in [-0.3, -0.25) is 9.78 Å². The molecule has 0 radical (unpaired) electrons. The maximum absolute atomic E-state index is 16.5. The Morgan fingerprint density at radius 3 is 2.86 bits per heavy atom. The number of pyridine rings is 1. The third-order valence-electron chi connectivity index (χ3n) is 9.58. The minimum Gasteiger partial charge on any atom is -0.462 e. The van der Waals surface area contributed by atoms with Crippen LogP contribution >= 0.6 is 0 Å². The average Bonchev–Trinajstić information content (AvgIpc) is 3.47. The summed E-state index contributed by atoms with van der Waals surface area (Å²) in [5.41, 5.74) is 2.37. The van der Waals surface area contributed by atoms with Crippen molar-refractivity contribution in [2.24, 2.45) is 5.92 Å². The molecule has 2 aliphatic heterocycles. The molecule has 0 spiro atoms. The summed E-state index contributed by atoms with van der Waals surface area (Å²) in [6.07, 6.45) is 6.62. The van der Waals surface area contributed by atoms with Crippen LogP contribution < -0.4 is 9.64 Å². The molecule has 4 aliphatic rings. The summed E-state index contributed by atoms with van der Waals surface area (Å²) >= 11 is 0. The lowest BCUT2D eigenvalue weighted by Crippen LogP contribution is -2.56. The topological polar surface area (TPSA) is 79.1 Å². The van der Waals surface area contributed by atoms with Gasteiger partial charge in [0.1, 0.15) is 35.5 Å². The van der Waals surface area contributed by atoms with Crippen molar-refractivity contribution in [2.45, 2.75) is 43.7 Å². The van der Waals surface area contributed by atoms with Gasteiger partial charge in [0, 0.05) is 37.4 Å². The Bertz CT molecular complexity index is 1670. The van der Waals surface area contributed by atoms with Gasteiger partial charge < -0.3 is 24.3 Å². The Morgan fingerprint density at radius 2 is 2.09 bits per heavy atom. The van der Waals surface area contributed by atoms with Crippen molar-refractivity contribution in [2.75, 3.05) is 51.3 Å². The van der Waals surface area contributed by atoms with E-state index in [4.69, 9.17) is 16.3 Å². The van der Waals surface area contributed by atoms with E-state index in [1.807, 2.05) is 4.90 Å². The standard InChI is InChI=1S/C32H33F2N7O2/c1-4-26(42)41-11-10-40(16-20(41)14-35-2)31-24-15-36-29(21-7-8-25(33)27-22-12-18(22)13-23(21)27)28(34)30(24)37-32(38-31)43-17-19-6-5-9-39(19)3/h4,7-8,15,18-20,22H,1,5-6,9-14,16-17H2,3H3/t18-,19+,20+,22-/m1/s1. The lowest BCUT2D eigenvalue weighted by Gasteiger charge is -2.39. The lowest BCUT2D eigenvalue weighted by molar-refractivity contribution is -0.128. The van der Waals surface area contributed by atoms with E-state index in [-0.39, 0.29) is 53.5 Å². The number of hydrogen-bond acceptors (Lipinski definition) is 7. The molecule has 1 aromatic carbocycles. The minimum absolute atomic E-state index is 0.0655. The number of carbonyl (C=O) groups excluding carboxylic acids is 1. The summed E-state index contributed by atoms with van der Waals surface area (Å²) in [4.78, 5) is 35.7. The van der Waals surface area contributed by atoms with E-state index < -0.39 is 5.82 Å². The summed E-state index contributed by atoms with van der Waals surface area (Å²) < 4.78 is 37.4. The van der Waals surface area contributed by atoms with Gasteiger partial charge in [0.2, 0.25) is 12.5 Å². The summed E-state index contributed by atoms with van der Waals surface area (Å²) in [6.45, 7) is 13.6. The minimum atomic E-state index is -0.600. The monoisotopic (exact) mass is 585 g/mol. The fraction of sp³-hybridized carbons (Fsp3) is 0.469. The van der Waals surface area contributed by atoms with Gasteiger partial charge in [-0.05, 0) is 80.4 Å². The number of rotatable bonds is 7. The lowest BCUT2D eigenvalue weighted by atomic mass is 9.96. The average molecular weight is 586 g/mol. The van der Waals surface area contributed by atoms with E-state index in [9.17, 15) is 9.18 Å². The molecular weight excluding hydrogens is 552 g/mol. The molecule has 2 aliphatic carbocycles. The van der Waals surface area contributed by atoms with Crippen LogP contribution in [0.2, 0.25) is 0 Å². The van der Waals surface area contributed by atoms with Gasteiger partial charge in [-0.2, -0.15) is 9.97 Å². The number of amides is 1. The van der Waals surface area contributed by atoms with Crippen LogP contribution in [0.15, 0.2) is 31.0 Å². The third kappa shape index (κ3) is 4.78. The summed E-state index contributed by atoms with van der Waals surface area (Å²) in [7, 11) is 2.05. The number of likely N-dealkylation sites (N-methyl/N-ethyl adjacent to an activating group) is 1. The van der Waals surface area contributed by atoms with Gasteiger partial charge in [0.05, 0.1) is 5.39 Å². The van der Waals surface area contributed by atoms with Crippen molar-refractivity contribution in [1.29, 1.82) is 0 Å². The first kappa shape index (κ1) is 27.7. The Morgan fingerprint density at radius 1 is 1.23 bits per heavy atom. The Labute approximate surface area is 249 Å². The van der Waals surface area contributed by atoms with Crippen LogP contribution in [0.5, 0.6) is 6.01 Å². The summed E-state index contributed by atoms with van der Waals surface area (Å²) in [5, 5.41) is 0.415. The number of ether oxygens (including phenoxy) is 1. The van der Waals surface area contributed by atoms with E-state index in [1.165, 1.54) is 12.1 Å². The first-order valence-corrected chi connectivity index (χ1v) is 14.9. The van der Waals surface area contributed by atoms with Crippen LogP contribution in [-0.4, -0.2) is 89.1 Å². The van der Waals surface area contributed by atoms with Crippen LogP contribution in [0, 0.1) is 24.1 Å². The van der Waals surface area contributed by atoms with Gasteiger partial charge in [-0.15, -0.1) is 0 Å². The smallest absolute Gasteiger partial charge is 0.319 e. The van der Waals surface area contributed by atoms with Crippen molar-refractivity contribution < 1.29 is 18.3 Å². The first-order chi connectivity index (χ1) is 20.9. The van der Waals surface area contributed by atoms with Gasteiger partial charge >= 0.3 is 6.01 Å². The number of halogens is 2. The molecule has 4 heterocycles. The molecule has 2 saturated heterocycles. The molecule has 1 saturated carbocycles. The molecule has 4 atom stereocenters. The summed E-state index contributed by atoms with van der Waals surface area (Å²) in [5.74, 6) is 0.0288. The Hall–Kier alpha value is -4.17. The second-order valence-electron chi connectivity index (χ2n) is 12.1. The molecule has 3 fully saturated rings. The molecule has 0 unspecified atom stereocenters. The fourth-order valence-corrected chi connectivity index (χ4v) is 7.16. The number of carbonyl (C=O) groups is 1. The molecule has 3 aromatic rings. The van der Waals surface area contributed by atoms with Gasteiger partial charge in [0.15, 0.2) is 5.82 Å². The second kappa shape index (κ2) is 10.8. The van der Waals surface area contributed by atoms with Crippen LogP contribution in [0.25, 0.3) is 27.0 Å². The van der Waals surface area contributed by atoms with E-state index in [1.54, 1.807) is 17.2 Å². The normalized spacial score (nSPS) is 24.5. The van der Waals surface area contributed by atoms with Crippen molar-refractivity contribution in [1.82, 2.24) is 24.8 Å². The predicted octanol–water partition coefficient (Wildman–Crippen LogP) is 4.23. The zero-order valence-corrected chi connectivity index (χ0v) is 24.1. The van der Waals surface area contributed by atoms with Crippen LogP contribution in [0.3, 0.4) is 0 Å². The van der Waals surface area contributed by atoms with E-state index >= 15 is 4.39 Å². The quantitative estimate of drug-likeness (QED) is 0.304. The highest BCUT2D eigenvalue weighted by Gasteiger charge is 2.48. The van der Waals surface area contributed by atoms with Crippen LogP contribution in [0.1, 0.15) is 36.3 Å². The number of piperazine rings is 1. The first-order valence-electron chi connectivity index (χ1n) is 14.9. The third-order valence-corrected chi connectivity index (χ3v) is 9.58. The molecule has 7 rings (SSSR count). The Balaban J connectivity index is 1.30. The van der Waals surface area contributed by atoms with Crippen molar-refractivity contribution in [3.63, 3.8) is 0 Å². The molecule has 0 N–H and O–H groups in total. The highest BCUT2D eigenvalue weighted by Crippen LogP contribution is 2.58. The molecule has 43 heavy (non-hydrogen) atoms. The van der Waals surface area contributed by atoms with Crippen molar-refractivity contribution in [3.05, 3.63) is 65.2 Å². The predicted molar refractivity (Wildman–Crippen MR) is 158 cm³/mol. The number of anilines is 1. The molecule has 222 valence electrons. The molecular formula is C32H33F2N7O2. The molecule has 2 aromatic heterocycles. The van der Waals surface area contributed by atoms with E-state index in [2.05, 4.69) is 33.3 Å². The maximum atomic E-state index is 16.5. The van der Waals surface area contributed by atoms with Crippen molar-refractivity contribution in [3.8, 4) is 17.3 Å². The Kier molecular flexibility index (Phi) is 6.96. The highest BCUT2D eigenvalue weighted by atomic mass is 19.1. The van der Waals surface area contributed by atoms with Gasteiger partial charge in [-0.25, -0.2) is 15.4 Å². The highest BCUT2D eigenvalue weighted by molar-refractivity contribution is 5.93. The van der Waals surface area contributed by atoms with E-state index in [0.29, 0.717) is 54.5 Å². The molecule has 1 amide bonds. The largest absolute Gasteiger partial charge is 0.462 e. The molecule has 9 nitrogen and oxygen atoms in total. The van der Waals surface area contributed by atoms with Crippen LogP contribution in [0.4, 0.5) is 14.6 Å². The number of hydrogen-bond donors (Lipinski definition) is 0. The fourth-order valence-electron chi connectivity index (χ4n) is 7.16. The van der Waals surface area contributed by atoms with E-state index in [0.717, 1.165) is 37.8 Å². The zero-order chi connectivity index (χ0) is 29.8. The molecule has 11 heteroatoms. The van der Waals surface area contributed by atoms with Crippen LogP contribution in [-0.2, 0) is 11.2 Å². The SMILES string of the molecule is [C-]#[N+]C[C@H]1CN(c2nc(OC[C@@H]3CCCN3C)nc3c(F)c(-c4ccc(F)c5c4C[C@H]4C[C@@H]54)ncc23)CCN1C(=O)C=C. The zero-order valence-electron chi connectivity index (χ0n) is 24.1.